The lowest BCUT2D eigenvalue weighted by Crippen LogP contribution is -2.71. The van der Waals surface area contributed by atoms with Crippen LogP contribution in [0.5, 0.6) is 0 Å². The first kappa shape index (κ1) is 24.9. The van der Waals surface area contributed by atoms with E-state index < -0.39 is 27.8 Å². The van der Waals surface area contributed by atoms with Gasteiger partial charge in [-0.15, -0.1) is 0 Å². The second-order valence-electron chi connectivity index (χ2n) is 13.1. The highest BCUT2D eigenvalue weighted by atomic mass is 16.6. The number of epoxide rings is 1. The lowest BCUT2D eigenvalue weighted by molar-refractivity contribution is -0.213. The second kappa shape index (κ2) is 7.39. The van der Waals surface area contributed by atoms with Crippen LogP contribution >= 0.6 is 0 Å². The number of hydrogen-bond donors (Lipinski definition) is 0. The molecule has 1 aliphatic heterocycles. The van der Waals surface area contributed by atoms with Gasteiger partial charge in [0.15, 0.2) is 0 Å². The van der Waals surface area contributed by atoms with Crippen molar-refractivity contribution in [1.82, 2.24) is 0 Å². The summed E-state index contributed by atoms with van der Waals surface area (Å²) in [5, 5.41) is 0. The van der Waals surface area contributed by atoms with Gasteiger partial charge in [-0.3, -0.25) is 19.2 Å². The van der Waals surface area contributed by atoms with Gasteiger partial charge < -0.3 is 14.2 Å². The van der Waals surface area contributed by atoms with Crippen molar-refractivity contribution in [3.63, 3.8) is 0 Å². The Bertz CT molecular complexity index is 1000. The van der Waals surface area contributed by atoms with Crippen molar-refractivity contribution < 1.29 is 33.4 Å². The first-order valence-electron chi connectivity index (χ1n) is 13.2. The molecule has 0 radical (unpaired) electrons. The molecule has 1 spiro atoms. The van der Waals surface area contributed by atoms with Crippen LogP contribution in [0.2, 0.25) is 0 Å². The Labute approximate surface area is 208 Å². The predicted octanol–water partition coefficient (Wildman–Crippen LogP) is 4.05. The van der Waals surface area contributed by atoms with Crippen LogP contribution in [0.1, 0.15) is 87.0 Å². The number of carbonyl (C=O) groups excluding carboxylic acids is 4. The number of rotatable bonds is 4. The zero-order valence-electron chi connectivity index (χ0n) is 22.2. The Balaban J connectivity index is 1.64. The van der Waals surface area contributed by atoms with Crippen molar-refractivity contribution in [2.24, 2.45) is 39.4 Å². The molecule has 35 heavy (non-hydrogen) atoms. The lowest BCUT2D eigenvalue weighted by Gasteiger charge is -2.65. The van der Waals surface area contributed by atoms with Crippen molar-refractivity contribution in [3.8, 4) is 0 Å². The van der Waals surface area contributed by atoms with Crippen LogP contribution in [0.15, 0.2) is 0 Å². The van der Waals surface area contributed by atoms with Crippen molar-refractivity contribution in [2.45, 2.75) is 105 Å². The number of hydrogen-bond acceptors (Lipinski definition) is 7. The standard InChI is InChI=1S/C28H40O7/c1-15(29)18-10-11-25(6)20-12-23-28(35-23)19(8-9-22(24(28,4)5)34-17(3)31)27(20,14-33-16(2)30)21(32)13-26(18,25)7/h18-20,22-23H,8-14H2,1-7H3/t18-,19-,20-,22+,23+,25-,26-,27-,28-/m0/s1. The fourth-order valence-corrected chi connectivity index (χ4v) is 9.82. The van der Waals surface area contributed by atoms with E-state index in [9.17, 15) is 19.2 Å². The zero-order chi connectivity index (χ0) is 25.8. The molecule has 0 aromatic heterocycles. The first-order chi connectivity index (χ1) is 16.2. The number of Topliss-reactive ketones (excluding diaryl/α,β-unsaturated/α-hetero) is 2. The summed E-state index contributed by atoms with van der Waals surface area (Å²) in [7, 11) is 0. The molecule has 5 aliphatic rings. The molecule has 0 aromatic rings. The Morgan fingerprint density at radius 2 is 1.63 bits per heavy atom. The molecule has 0 bridgehead atoms. The van der Waals surface area contributed by atoms with Gasteiger partial charge in [-0.05, 0) is 55.8 Å². The molecule has 4 aliphatic carbocycles. The third kappa shape index (κ3) is 2.88. The monoisotopic (exact) mass is 488 g/mol. The third-order valence-electron chi connectivity index (χ3n) is 11.7. The van der Waals surface area contributed by atoms with Gasteiger partial charge in [0.1, 0.15) is 29.9 Å². The van der Waals surface area contributed by atoms with E-state index >= 15 is 0 Å². The molecule has 5 rings (SSSR count). The highest BCUT2D eigenvalue weighted by molar-refractivity contribution is 5.90. The molecule has 5 fully saturated rings. The SMILES string of the molecule is CC(=O)OC[C@@]12C(=O)C[C@@]3(C)[C@H](C(C)=O)CC[C@@]3(C)[C@@H]1C[C@H]1O[C@@]13[C@H]2CC[C@@H](OC(C)=O)C3(C)C. The minimum Gasteiger partial charge on any atom is -0.465 e. The molecule has 7 heteroatoms. The maximum Gasteiger partial charge on any atom is 0.302 e. The molecule has 0 amide bonds. The largest absolute Gasteiger partial charge is 0.465 e. The maximum absolute atomic E-state index is 14.5. The molecule has 1 heterocycles. The van der Waals surface area contributed by atoms with Crippen LogP contribution in [0.25, 0.3) is 0 Å². The quantitative estimate of drug-likeness (QED) is 0.435. The fourth-order valence-electron chi connectivity index (χ4n) is 9.82. The van der Waals surface area contributed by atoms with Crippen molar-refractivity contribution >= 4 is 23.5 Å². The van der Waals surface area contributed by atoms with Gasteiger partial charge in [0, 0.05) is 37.5 Å². The summed E-state index contributed by atoms with van der Waals surface area (Å²) in [6, 6.07) is 0. The fraction of sp³-hybridized carbons (Fsp3) is 0.857. The van der Waals surface area contributed by atoms with Gasteiger partial charge in [-0.1, -0.05) is 27.7 Å². The molecule has 7 nitrogen and oxygen atoms in total. The zero-order valence-corrected chi connectivity index (χ0v) is 22.2. The topological polar surface area (TPSA) is 99.3 Å². The lowest BCUT2D eigenvalue weighted by atomic mass is 9.36. The number of ketones is 2. The molecular weight excluding hydrogens is 448 g/mol. The number of esters is 2. The summed E-state index contributed by atoms with van der Waals surface area (Å²) in [6.07, 6.45) is 3.64. The smallest absolute Gasteiger partial charge is 0.302 e. The summed E-state index contributed by atoms with van der Waals surface area (Å²) in [5.41, 5.74) is -2.61. The first-order valence-corrected chi connectivity index (χ1v) is 13.2. The van der Waals surface area contributed by atoms with Crippen molar-refractivity contribution in [3.05, 3.63) is 0 Å². The van der Waals surface area contributed by atoms with Gasteiger partial charge in [0.05, 0.1) is 11.5 Å². The van der Waals surface area contributed by atoms with E-state index in [0.29, 0.717) is 25.7 Å². The van der Waals surface area contributed by atoms with E-state index in [1.807, 2.05) is 0 Å². The summed E-state index contributed by atoms with van der Waals surface area (Å²) in [5.74, 6) is -0.743. The van der Waals surface area contributed by atoms with Gasteiger partial charge in [0.2, 0.25) is 0 Å². The Kier molecular flexibility index (Phi) is 5.26. The highest BCUT2D eigenvalue weighted by Gasteiger charge is 2.84. The molecular formula is C28H40O7. The van der Waals surface area contributed by atoms with Crippen LogP contribution in [0.3, 0.4) is 0 Å². The molecule has 0 aromatic carbocycles. The normalized spacial score (nSPS) is 49.1. The second-order valence-corrected chi connectivity index (χ2v) is 13.1. The Morgan fingerprint density at radius 1 is 0.943 bits per heavy atom. The van der Waals surface area contributed by atoms with E-state index in [0.717, 1.165) is 12.8 Å². The van der Waals surface area contributed by atoms with E-state index in [1.165, 1.54) is 13.8 Å². The minimum absolute atomic E-state index is 0.0420. The van der Waals surface area contributed by atoms with E-state index in [1.54, 1.807) is 6.92 Å². The summed E-state index contributed by atoms with van der Waals surface area (Å²) < 4.78 is 18.1. The van der Waals surface area contributed by atoms with Crippen LogP contribution in [0.4, 0.5) is 0 Å². The van der Waals surface area contributed by atoms with Crippen LogP contribution in [-0.2, 0) is 33.4 Å². The minimum atomic E-state index is -0.864. The highest BCUT2D eigenvalue weighted by Crippen LogP contribution is 2.79. The number of fused-ring (bicyclic) bond motifs is 4. The molecule has 0 N–H and O–H groups in total. The molecule has 9 atom stereocenters. The molecule has 1 saturated heterocycles. The van der Waals surface area contributed by atoms with Gasteiger partial charge in [-0.2, -0.15) is 0 Å². The summed E-state index contributed by atoms with van der Waals surface area (Å²) >= 11 is 0. The van der Waals surface area contributed by atoms with Crippen LogP contribution in [0, 0.1) is 39.4 Å². The number of carbonyl (C=O) groups is 4. The Morgan fingerprint density at radius 3 is 2.23 bits per heavy atom. The van der Waals surface area contributed by atoms with Crippen molar-refractivity contribution in [2.75, 3.05) is 6.61 Å². The molecule has 4 saturated carbocycles. The van der Waals surface area contributed by atoms with Gasteiger partial charge in [-0.25, -0.2) is 0 Å². The average molecular weight is 489 g/mol. The number of ether oxygens (including phenoxy) is 3. The van der Waals surface area contributed by atoms with Gasteiger partial charge >= 0.3 is 11.9 Å². The van der Waals surface area contributed by atoms with E-state index in [2.05, 4.69) is 27.7 Å². The average Bonchev–Trinajstić information content (AvgIpc) is 3.41. The maximum atomic E-state index is 14.5. The van der Waals surface area contributed by atoms with Gasteiger partial charge in [0.25, 0.3) is 0 Å². The van der Waals surface area contributed by atoms with E-state index in [-0.39, 0.29) is 59.5 Å². The Hall–Kier alpha value is -1.76. The summed E-state index contributed by atoms with van der Waals surface area (Å²) in [4.78, 5) is 51.1. The van der Waals surface area contributed by atoms with Crippen LogP contribution in [-0.4, -0.2) is 47.9 Å². The van der Waals surface area contributed by atoms with E-state index in [4.69, 9.17) is 14.2 Å². The van der Waals surface area contributed by atoms with Crippen LogP contribution < -0.4 is 0 Å². The third-order valence-corrected chi connectivity index (χ3v) is 11.7. The summed E-state index contributed by atoms with van der Waals surface area (Å²) in [6.45, 7) is 13.1. The molecule has 194 valence electrons. The molecule has 0 unspecified atom stereocenters. The van der Waals surface area contributed by atoms with Crippen molar-refractivity contribution in [1.29, 1.82) is 0 Å². The predicted molar refractivity (Wildman–Crippen MR) is 126 cm³/mol.